The van der Waals surface area contributed by atoms with Gasteiger partial charge in [0.1, 0.15) is 0 Å². The molecule has 0 atom stereocenters. The van der Waals surface area contributed by atoms with Crippen LogP contribution >= 0.6 is 0 Å². The Balaban J connectivity index is 0.000000136. The molecular formula is C80H112. The van der Waals surface area contributed by atoms with Gasteiger partial charge in [-0.25, -0.2) is 0 Å². The lowest BCUT2D eigenvalue weighted by molar-refractivity contribution is 0.190. The van der Waals surface area contributed by atoms with Crippen molar-refractivity contribution in [3.05, 3.63) is 201 Å². The van der Waals surface area contributed by atoms with Crippen LogP contribution in [0.3, 0.4) is 0 Å². The number of hydrogen-bond donors (Lipinski definition) is 0. The van der Waals surface area contributed by atoms with Crippen LogP contribution < -0.4 is 0 Å². The zero-order valence-corrected chi connectivity index (χ0v) is 54.0. The van der Waals surface area contributed by atoms with E-state index in [0.29, 0.717) is 21.7 Å². The van der Waals surface area contributed by atoms with E-state index in [1.807, 2.05) is 0 Å². The second-order valence-corrected chi connectivity index (χ2v) is 31.0. The van der Waals surface area contributed by atoms with Crippen molar-refractivity contribution in [2.75, 3.05) is 0 Å². The average Bonchev–Trinajstić information content (AvgIpc) is 3.91. The summed E-state index contributed by atoms with van der Waals surface area (Å²) in [4.78, 5) is 0. The Hall–Kier alpha value is -4.68. The van der Waals surface area contributed by atoms with Crippen LogP contribution in [0, 0.1) is 21.7 Å². The van der Waals surface area contributed by atoms with Crippen LogP contribution in [0.25, 0.3) is 11.1 Å². The fourth-order valence-corrected chi connectivity index (χ4v) is 13.8. The summed E-state index contributed by atoms with van der Waals surface area (Å²) in [6.07, 6.45) is 28.0. The molecule has 0 nitrogen and oxygen atoms in total. The molecular weight excluding hydrogens is 961 g/mol. The molecule has 0 unspecified atom stereocenters. The third kappa shape index (κ3) is 17.0. The number of aryl methyl sites for hydroxylation is 2. The summed E-state index contributed by atoms with van der Waals surface area (Å²) in [6.45, 7) is 37.4. The highest BCUT2D eigenvalue weighted by molar-refractivity contribution is 5.80. The molecule has 0 aliphatic heterocycles. The van der Waals surface area contributed by atoms with E-state index in [0.717, 1.165) is 17.3 Å². The maximum absolute atomic E-state index is 2.38. The zero-order valence-electron chi connectivity index (χ0n) is 54.0. The molecule has 4 saturated carbocycles. The van der Waals surface area contributed by atoms with Gasteiger partial charge in [0, 0.05) is 10.8 Å². The maximum Gasteiger partial charge on any atom is 0.0158 e. The highest BCUT2D eigenvalue weighted by Gasteiger charge is 2.35. The van der Waals surface area contributed by atoms with Crippen LogP contribution in [0.1, 0.15) is 276 Å². The molecule has 0 radical (unpaired) electrons. The highest BCUT2D eigenvalue weighted by atomic mass is 14.4. The van der Waals surface area contributed by atoms with Gasteiger partial charge in [-0.2, -0.15) is 0 Å². The molecule has 14 rings (SSSR count). The summed E-state index contributed by atoms with van der Waals surface area (Å²) in [5, 5.41) is 0. The summed E-state index contributed by atoms with van der Waals surface area (Å²) in [6, 6.07) is 52.8. The van der Waals surface area contributed by atoms with E-state index in [1.165, 1.54) is 167 Å². The fourth-order valence-electron chi connectivity index (χ4n) is 13.8. The second-order valence-electron chi connectivity index (χ2n) is 31.0. The fraction of sp³-hybridized carbons (Fsp3) is 0.550. The van der Waals surface area contributed by atoms with Gasteiger partial charge < -0.3 is 0 Å². The molecule has 0 saturated heterocycles. The predicted octanol–water partition coefficient (Wildman–Crippen LogP) is 23.7. The Morgan fingerprint density at radius 3 is 0.838 bits per heavy atom. The Morgan fingerprint density at radius 1 is 0.225 bits per heavy atom. The highest BCUT2D eigenvalue weighted by Crippen LogP contribution is 2.49. The third-order valence-electron chi connectivity index (χ3n) is 20.1. The van der Waals surface area contributed by atoms with E-state index in [9.17, 15) is 0 Å². The average molecular weight is 1070 g/mol. The first-order valence-corrected chi connectivity index (χ1v) is 32.2. The first-order chi connectivity index (χ1) is 37.6. The molecule has 0 bridgehead atoms. The molecule has 0 aromatic heterocycles. The monoisotopic (exact) mass is 1070 g/mol. The van der Waals surface area contributed by atoms with Gasteiger partial charge in [0.25, 0.3) is 0 Å². The SMILES string of the molecule is CC1(C)CC1.CC1(C)CCC1.CC1(C)CCCC1.CC1(C)CCCCC1.CC1(C)CCCc2ccccc21.CC1(C)CCc2ccccc21.CC1(C)c2ccccc2-c2ccccc21.CC1(C)c2ccccc2Cc2ccccc21. The van der Waals surface area contributed by atoms with Crippen molar-refractivity contribution in [2.45, 2.75) is 261 Å². The van der Waals surface area contributed by atoms with Crippen LogP contribution in [0.2, 0.25) is 0 Å². The van der Waals surface area contributed by atoms with E-state index >= 15 is 0 Å². The van der Waals surface area contributed by atoms with Crippen molar-refractivity contribution in [1.29, 1.82) is 0 Å². The Labute approximate surface area is 492 Å². The molecule has 0 heteroatoms. The predicted molar refractivity (Wildman–Crippen MR) is 352 cm³/mol. The first kappa shape index (κ1) is 62.9. The van der Waals surface area contributed by atoms with Gasteiger partial charge in [0.2, 0.25) is 0 Å². The van der Waals surface area contributed by atoms with E-state index in [4.69, 9.17) is 0 Å². The molecule has 0 heterocycles. The van der Waals surface area contributed by atoms with E-state index in [-0.39, 0.29) is 10.8 Å². The van der Waals surface area contributed by atoms with Gasteiger partial charge in [-0.05, 0) is 189 Å². The normalized spacial score (nSPS) is 21.3. The zero-order chi connectivity index (χ0) is 58.0. The largest absolute Gasteiger partial charge is 0.0620 e. The first-order valence-electron chi connectivity index (χ1n) is 32.2. The number of rotatable bonds is 0. The smallest absolute Gasteiger partial charge is 0.0158 e. The van der Waals surface area contributed by atoms with Crippen molar-refractivity contribution in [3.8, 4) is 11.1 Å². The number of benzene rings is 6. The Kier molecular flexibility index (Phi) is 20.7. The number of hydrogen-bond acceptors (Lipinski definition) is 0. The molecule has 0 amide bonds. The quantitative estimate of drug-likeness (QED) is 0.142. The number of fused-ring (bicyclic) bond motifs is 7. The lowest BCUT2D eigenvalue weighted by Gasteiger charge is -2.35. The van der Waals surface area contributed by atoms with Gasteiger partial charge in [-0.1, -0.05) is 295 Å². The molecule has 6 aromatic rings. The van der Waals surface area contributed by atoms with Crippen LogP contribution in [0.4, 0.5) is 0 Å². The Morgan fingerprint density at radius 2 is 0.512 bits per heavy atom. The van der Waals surface area contributed by atoms with Crippen molar-refractivity contribution in [1.82, 2.24) is 0 Å². The maximum atomic E-state index is 2.38. The molecule has 6 aromatic carbocycles. The van der Waals surface area contributed by atoms with E-state index in [2.05, 4.69) is 256 Å². The molecule has 0 spiro atoms. The van der Waals surface area contributed by atoms with Gasteiger partial charge >= 0.3 is 0 Å². The summed E-state index contributed by atoms with van der Waals surface area (Å²) in [7, 11) is 0. The van der Waals surface area contributed by atoms with Crippen molar-refractivity contribution in [2.24, 2.45) is 21.7 Å². The van der Waals surface area contributed by atoms with Crippen molar-refractivity contribution in [3.63, 3.8) is 0 Å². The lowest BCUT2D eigenvalue weighted by Crippen LogP contribution is -2.26. The summed E-state index contributed by atoms with van der Waals surface area (Å²) in [5.41, 5.74) is 21.8. The van der Waals surface area contributed by atoms with Crippen LogP contribution in [-0.2, 0) is 40.9 Å². The van der Waals surface area contributed by atoms with Crippen molar-refractivity contribution >= 4 is 0 Å². The van der Waals surface area contributed by atoms with E-state index < -0.39 is 0 Å². The standard InChI is InChI=1S/C16H16.C15H14.C12H16.C11H14.C8H16.C7H14.C6H12.C5H10/c1-16(2)14-9-5-3-7-12(14)11-13-8-4-6-10-15(13)16;1-15(2)13-9-5-3-7-11(13)12-8-4-6-10-14(12)15;1-12(2)9-5-7-10-6-3-4-8-11(10)12;1-11(2)8-7-9-5-3-4-6-10(9)11;1-8(2)6-4-3-5-7-8;1-7(2)5-3-4-6-7;1-6(2)4-3-5-6;1-5(2)3-4-5/h3-10H,11H2,1-2H3;3-10H,1-2H3;3-4,6,8H,5,7,9H2,1-2H3;3-6H,7-8H2,1-2H3;3-7H2,1-2H3;3-6H2,1-2H3;3-5H2,1-2H3;3-4H2,1-2H3. The van der Waals surface area contributed by atoms with Crippen LogP contribution in [0.5, 0.6) is 0 Å². The topological polar surface area (TPSA) is 0 Å². The third-order valence-corrected chi connectivity index (χ3v) is 20.1. The molecule has 8 aliphatic carbocycles. The molecule has 0 N–H and O–H groups in total. The van der Waals surface area contributed by atoms with Gasteiger partial charge in [-0.3, -0.25) is 0 Å². The molecule has 80 heavy (non-hydrogen) atoms. The van der Waals surface area contributed by atoms with Gasteiger partial charge in [0.15, 0.2) is 0 Å². The van der Waals surface area contributed by atoms with Crippen molar-refractivity contribution < 1.29 is 0 Å². The van der Waals surface area contributed by atoms with Crippen LogP contribution in [-0.4, -0.2) is 0 Å². The van der Waals surface area contributed by atoms with Crippen LogP contribution in [0.15, 0.2) is 146 Å². The molecule has 4 fully saturated rings. The minimum atomic E-state index is 0.144. The summed E-state index contributed by atoms with van der Waals surface area (Å²) in [5.74, 6) is 0. The minimum absolute atomic E-state index is 0.144. The van der Waals surface area contributed by atoms with Gasteiger partial charge in [-0.15, -0.1) is 0 Å². The lowest BCUT2D eigenvalue weighted by atomic mass is 9.69. The molecule has 432 valence electrons. The second kappa shape index (κ2) is 26.3. The molecule has 8 aliphatic rings. The summed E-state index contributed by atoms with van der Waals surface area (Å²) >= 11 is 0. The summed E-state index contributed by atoms with van der Waals surface area (Å²) < 4.78 is 0. The minimum Gasteiger partial charge on any atom is -0.0620 e. The van der Waals surface area contributed by atoms with E-state index in [1.54, 1.807) is 22.3 Å². The Bertz CT molecular complexity index is 2780. The van der Waals surface area contributed by atoms with Gasteiger partial charge in [0.05, 0.1) is 0 Å².